The first kappa shape index (κ1) is 15.7. The highest BCUT2D eigenvalue weighted by Gasteiger charge is 2.30. The first-order chi connectivity index (χ1) is 9.14. The van der Waals surface area contributed by atoms with Crippen molar-refractivity contribution in [2.24, 2.45) is 5.41 Å². The Hall–Kier alpha value is 0.270. The largest absolute Gasteiger partial charge is 0.493 e. The van der Waals surface area contributed by atoms with Crippen molar-refractivity contribution in [3.8, 4) is 5.75 Å². The van der Waals surface area contributed by atoms with Crippen molar-refractivity contribution < 1.29 is 4.74 Å². The molecule has 1 heterocycles. The van der Waals surface area contributed by atoms with Gasteiger partial charge in [-0.2, -0.15) is 0 Å². The van der Waals surface area contributed by atoms with Gasteiger partial charge in [-0.25, -0.2) is 0 Å². The van der Waals surface area contributed by atoms with E-state index in [1.165, 1.54) is 24.0 Å². The molecule has 1 nitrogen and oxygen atoms in total. The predicted molar refractivity (Wildman–Crippen MR) is 89.3 cm³/mol. The Balaban J connectivity index is 2.31. The zero-order valence-corrected chi connectivity index (χ0v) is 15.1. The third-order valence-corrected chi connectivity index (χ3v) is 6.34. The van der Waals surface area contributed by atoms with Crippen LogP contribution in [0.2, 0.25) is 5.02 Å². The summed E-state index contributed by atoms with van der Waals surface area (Å²) in [6.45, 7) is 3.02. The SMILES string of the molecule is CCCC(CBr)(CBr)Cc1cc(Cl)cc2c1OCC2. The van der Waals surface area contributed by atoms with E-state index in [0.717, 1.165) is 40.9 Å². The highest BCUT2D eigenvalue weighted by Crippen LogP contribution is 2.40. The van der Waals surface area contributed by atoms with E-state index in [0.29, 0.717) is 0 Å². The van der Waals surface area contributed by atoms with Crippen LogP contribution in [-0.2, 0) is 12.8 Å². The van der Waals surface area contributed by atoms with E-state index in [2.05, 4.69) is 44.8 Å². The first-order valence-corrected chi connectivity index (χ1v) is 9.32. The van der Waals surface area contributed by atoms with Gasteiger partial charge in [0.25, 0.3) is 0 Å². The Morgan fingerprint density at radius 2 is 2.05 bits per heavy atom. The van der Waals surface area contributed by atoms with Crippen molar-refractivity contribution in [2.45, 2.75) is 32.6 Å². The Morgan fingerprint density at radius 3 is 2.68 bits per heavy atom. The lowest BCUT2D eigenvalue weighted by Crippen LogP contribution is -2.27. The predicted octanol–water partition coefficient (Wildman–Crippen LogP) is 5.39. The molecule has 0 unspecified atom stereocenters. The minimum atomic E-state index is 0.235. The summed E-state index contributed by atoms with van der Waals surface area (Å²) in [7, 11) is 0. The molecule has 0 atom stereocenters. The van der Waals surface area contributed by atoms with Crippen LogP contribution in [-0.4, -0.2) is 17.3 Å². The van der Waals surface area contributed by atoms with E-state index in [-0.39, 0.29) is 5.41 Å². The van der Waals surface area contributed by atoms with Crippen molar-refractivity contribution in [1.82, 2.24) is 0 Å². The molecule has 0 radical (unpaired) electrons. The van der Waals surface area contributed by atoms with E-state index >= 15 is 0 Å². The van der Waals surface area contributed by atoms with Crippen molar-refractivity contribution in [2.75, 3.05) is 17.3 Å². The highest BCUT2D eigenvalue weighted by atomic mass is 79.9. The molecule has 1 aromatic carbocycles. The molecule has 1 aliphatic heterocycles. The minimum Gasteiger partial charge on any atom is -0.493 e. The zero-order chi connectivity index (χ0) is 13.9. The number of benzene rings is 1. The normalized spacial score (nSPS) is 14.3. The third kappa shape index (κ3) is 3.48. The summed E-state index contributed by atoms with van der Waals surface area (Å²) in [5, 5.41) is 2.80. The minimum absolute atomic E-state index is 0.235. The second kappa shape index (κ2) is 6.82. The molecule has 2 rings (SSSR count). The van der Waals surface area contributed by atoms with E-state index < -0.39 is 0 Å². The molecule has 0 saturated carbocycles. The van der Waals surface area contributed by atoms with Gasteiger partial charge in [0.1, 0.15) is 5.75 Å². The number of alkyl halides is 2. The van der Waals surface area contributed by atoms with Crippen molar-refractivity contribution in [3.63, 3.8) is 0 Å². The summed E-state index contributed by atoms with van der Waals surface area (Å²) >= 11 is 13.6. The number of hydrogen-bond acceptors (Lipinski definition) is 1. The van der Waals surface area contributed by atoms with Crippen LogP contribution in [0.3, 0.4) is 0 Å². The van der Waals surface area contributed by atoms with E-state index in [1.54, 1.807) is 0 Å². The molecule has 0 N–H and O–H groups in total. The van der Waals surface area contributed by atoms with Gasteiger partial charge < -0.3 is 4.74 Å². The summed E-state index contributed by atoms with van der Waals surface area (Å²) in [6, 6.07) is 4.11. The standard InChI is InChI=1S/C15H19Br2ClO/c1-2-4-15(9-16,10-17)8-12-7-13(18)6-11-3-5-19-14(11)12/h6-7H,2-5,8-10H2,1H3. The lowest BCUT2D eigenvalue weighted by molar-refractivity contribution is 0.327. The molecule has 0 fully saturated rings. The van der Waals surface area contributed by atoms with Gasteiger partial charge in [0.15, 0.2) is 0 Å². The van der Waals surface area contributed by atoms with Crippen molar-refractivity contribution >= 4 is 43.5 Å². The molecular formula is C15H19Br2ClO. The van der Waals surface area contributed by atoms with Crippen LogP contribution >= 0.6 is 43.5 Å². The maximum Gasteiger partial charge on any atom is 0.125 e. The number of rotatable bonds is 6. The summed E-state index contributed by atoms with van der Waals surface area (Å²) in [6.07, 6.45) is 4.35. The van der Waals surface area contributed by atoms with Crippen LogP contribution in [0.4, 0.5) is 0 Å². The smallest absolute Gasteiger partial charge is 0.125 e. The van der Waals surface area contributed by atoms with Crippen molar-refractivity contribution in [1.29, 1.82) is 0 Å². The number of fused-ring (bicyclic) bond motifs is 1. The molecule has 1 aliphatic rings. The Kier molecular flexibility index (Phi) is 5.62. The molecule has 4 heteroatoms. The Bertz CT molecular complexity index is 444. The lowest BCUT2D eigenvalue weighted by atomic mass is 9.81. The average molecular weight is 411 g/mol. The van der Waals surface area contributed by atoms with E-state index in [1.807, 2.05) is 6.07 Å². The topological polar surface area (TPSA) is 9.23 Å². The van der Waals surface area contributed by atoms with Gasteiger partial charge in [0, 0.05) is 22.1 Å². The second-order valence-electron chi connectivity index (χ2n) is 5.35. The van der Waals surface area contributed by atoms with E-state index in [4.69, 9.17) is 16.3 Å². The van der Waals surface area contributed by atoms with Crippen LogP contribution in [0.5, 0.6) is 5.75 Å². The number of halogens is 3. The summed E-state index contributed by atoms with van der Waals surface area (Å²) in [4.78, 5) is 0. The molecule has 0 bridgehead atoms. The molecule has 106 valence electrons. The van der Waals surface area contributed by atoms with Crippen LogP contribution in [0.15, 0.2) is 12.1 Å². The number of ether oxygens (including phenoxy) is 1. The Morgan fingerprint density at radius 1 is 1.32 bits per heavy atom. The molecule has 19 heavy (non-hydrogen) atoms. The van der Waals surface area contributed by atoms with Crippen LogP contribution in [0.25, 0.3) is 0 Å². The average Bonchev–Trinajstić information content (AvgIpc) is 2.86. The second-order valence-corrected chi connectivity index (χ2v) is 6.90. The van der Waals surface area contributed by atoms with Gasteiger partial charge in [0.2, 0.25) is 0 Å². The fourth-order valence-corrected chi connectivity index (χ4v) is 4.91. The van der Waals surface area contributed by atoms with Gasteiger partial charge in [0.05, 0.1) is 6.61 Å². The van der Waals surface area contributed by atoms with Crippen LogP contribution in [0, 0.1) is 5.41 Å². The molecule has 0 aliphatic carbocycles. The third-order valence-electron chi connectivity index (χ3n) is 3.74. The van der Waals surface area contributed by atoms with E-state index in [9.17, 15) is 0 Å². The maximum atomic E-state index is 6.24. The van der Waals surface area contributed by atoms with Crippen LogP contribution < -0.4 is 4.74 Å². The highest BCUT2D eigenvalue weighted by molar-refractivity contribution is 9.09. The molecular weight excluding hydrogens is 391 g/mol. The summed E-state index contributed by atoms with van der Waals surface area (Å²) in [5.41, 5.74) is 2.75. The van der Waals surface area contributed by atoms with Gasteiger partial charge in [-0.15, -0.1) is 0 Å². The zero-order valence-electron chi connectivity index (χ0n) is 11.1. The quantitative estimate of drug-likeness (QED) is 0.571. The van der Waals surface area contributed by atoms with Gasteiger partial charge in [-0.3, -0.25) is 0 Å². The van der Waals surface area contributed by atoms with Crippen LogP contribution in [0.1, 0.15) is 30.9 Å². The fourth-order valence-electron chi connectivity index (χ4n) is 2.76. The maximum absolute atomic E-state index is 6.24. The summed E-state index contributed by atoms with van der Waals surface area (Å²) in [5.74, 6) is 1.08. The fraction of sp³-hybridized carbons (Fsp3) is 0.600. The van der Waals surface area contributed by atoms with Gasteiger partial charge >= 0.3 is 0 Å². The number of hydrogen-bond donors (Lipinski definition) is 0. The monoisotopic (exact) mass is 408 g/mol. The molecule has 0 spiro atoms. The summed E-state index contributed by atoms with van der Waals surface area (Å²) < 4.78 is 5.81. The molecule has 0 aromatic heterocycles. The Labute approximate surface area is 137 Å². The molecule has 0 saturated heterocycles. The molecule has 1 aromatic rings. The lowest BCUT2D eigenvalue weighted by Gasteiger charge is -2.30. The van der Waals surface area contributed by atoms with Gasteiger partial charge in [-0.05, 0) is 41.5 Å². The molecule has 0 amide bonds. The van der Waals surface area contributed by atoms with Crippen molar-refractivity contribution in [3.05, 3.63) is 28.3 Å². The van der Waals surface area contributed by atoms with Gasteiger partial charge in [-0.1, -0.05) is 56.8 Å². The first-order valence-electron chi connectivity index (χ1n) is 6.70.